The monoisotopic (exact) mass is 695 g/mol. The van der Waals surface area contributed by atoms with E-state index >= 15 is 0 Å². The van der Waals surface area contributed by atoms with E-state index in [9.17, 15) is 0 Å². The quantitative estimate of drug-likeness (QED) is 0.178. The van der Waals surface area contributed by atoms with Crippen LogP contribution in [0.5, 0.6) is 0 Å². The van der Waals surface area contributed by atoms with E-state index in [1.165, 1.54) is 71.2 Å². The highest BCUT2D eigenvalue weighted by Crippen LogP contribution is 2.69. The standard InChI is InChI=1S/C52H41NO/c1-3-9-35(10-4-1)37-15-18-41(19-16-37)53(43-20-22-45-44-13-7-8-14-50(44)54-51(45)32-43)42-21-24-49-47(31-42)46-30-38(36-11-5-2-6-12-36)17-23-48(46)52(49)39-26-33-25-34(28-39)29-40(52)27-33/h1-24,30-34,39-40H,25-29H2. The average Bonchev–Trinajstić information content (AvgIpc) is 3.73. The Morgan fingerprint density at radius 3 is 1.65 bits per heavy atom. The predicted molar refractivity (Wildman–Crippen MR) is 223 cm³/mol. The molecule has 1 aromatic heterocycles. The van der Waals surface area contributed by atoms with Crippen molar-refractivity contribution in [3.63, 3.8) is 0 Å². The van der Waals surface area contributed by atoms with Crippen molar-refractivity contribution >= 4 is 39.0 Å². The first kappa shape index (κ1) is 30.6. The molecule has 0 radical (unpaired) electrons. The second-order valence-electron chi connectivity index (χ2n) is 16.6. The Balaban J connectivity index is 1.06. The third kappa shape index (κ3) is 4.40. The summed E-state index contributed by atoms with van der Waals surface area (Å²) in [4.78, 5) is 2.43. The summed E-state index contributed by atoms with van der Waals surface area (Å²) in [7, 11) is 0. The maximum Gasteiger partial charge on any atom is 0.137 e. The third-order valence-electron chi connectivity index (χ3n) is 13.8. The second-order valence-corrected chi connectivity index (χ2v) is 16.6. The van der Waals surface area contributed by atoms with Crippen LogP contribution in [0.4, 0.5) is 17.1 Å². The lowest BCUT2D eigenvalue weighted by Gasteiger charge is -2.61. The van der Waals surface area contributed by atoms with E-state index in [1.807, 2.05) is 6.07 Å². The molecule has 13 rings (SSSR count). The Labute approximate surface area is 316 Å². The number of rotatable bonds is 5. The molecule has 260 valence electrons. The van der Waals surface area contributed by atoms with Gasteiger partial charge in [-0.05, 0) is 149 Å². The molecule has 1 heterocycles. The molecule has 0 atom stereocenters. The normalized spacial score (nSPS) is 23.3. The van der Waals surface area contributed by atoms with Gasteiger partial charge in [0, 0.05) is 39.3 Å². The van der Waals surface area contributed by atoms with Crippen molar-refractivity contribution in [2.75, 3.05) is 4.90 Å². The van der Waals surface area contributed by atoms with Gasteiger partial charge >= 0.3 is 0 Å². The maximum absolute atomic E-state index is 6.47. The fraction of sp³-hybridized carbons (Fsp3) is 0.192. The van der Waals surface area contributed by atoms with Crippen molar-refractivity contribution in [2.24, 2.45) is 23.7 Å². The number of anilines is 3. The largest absolute Gasteiger partial charge is 0.456 e. The second kappa shape index (κ2) is 11.6. The molecular weight excluding hydrogens is 655 g/mol. The average molecular weight is 696 g/mol. The molecule has 4 bridgehead atoms. The van der Waals surface area contributed by atoms with Crippen LogP contribution in [-0.4, -0.2) is 0 Å². The van der Waals surface area contributed by atoms with Crippen LogP contribution < -0.4 is 4.90 Å². The summed E-state index contributed by atoms with van der Waals surface area (Å²) in [6, 6.07) is 60.7. The molecule has 5 aliphatic rings. The van der Waals surface area contributed by atoms with E-state index in [4.69, 9.17) is 4.42 Å². The van der Waals surface area contributed by atoms with Crippen molar-refractivity contribution in [3.8, 4) is 33.4 Å². The molecule has 0 aliphatic heterocycles. The first-order chi connectivity index (χ1) is 26.7. The van der Waals surface area contributed by atoms with Crippen LogP contribution in [0.15, 0.2) is 168 Å². The summed E-state index contributed by atoms with van der Waals surface area (Å²) in [5, 5.41) is 2.30. The Kier molecular flexibility index (Phi) is 6.55. The lowest BCUT2D eigenvalue weighted by atomic mass is 9.43. The van der Waals surface area contributed by atoms with E-state index in [1.54, 1.807) is 11.1 Å². The molecule has 54 heavy (non-hydrogen) atoms. The van der Waals surface area contributed by atoms with Crippen LogP contribution in [0.1, 0.15) is 43.2 Å². The smallest absolute Gasteiger partial charge is 0.137 e. The van der Waals surface area contributed by atoms with Gasteiger partial charge in [-0.15, -0.1) is 0 Å². The molecule has 0 unspecified atom stereocenters. The van der Waals surface area contributed by atoms with Crippen molar-refractivity contribution in [1.29, 1.82) is 0 Å². The van der Waals surface area contributed by atoms with E-state index < -0.39 is 0 Å². The minimum atomic E-state index is 0.112. The third-order valence-corrected chi connectivity index (χ3v) is 13.8. The Hall–Kier alpha value is -5.86. The van der Waals surface area contributed by atoms with Crippen molar-refractivity contribution in [1.82, 2.24) is 0 Å². The van der Waals surface area contributed by atoms with Crippen LogP contribution in [-0.2, 0) is 5.41 Å². The molecule has 2 nitrogen and oxygen atoms in total. The van der Waals surface area contributed by atoms with Crippen LogP contribution in [0, 0.1) is 23.7 Å². The molecule has 0 N–H and O–H groups in total. The number of benzene rings is 7. The van der Waals surface area contributed by atoms with Crippen LogP contribution in [0.2, 0.25) is 0 Å². The highest BCUT2D eigenvalue weighted by atomic mass is 16.3. The van der Waals surface area contributed by atoms with E-state index in [0.717, 1.165) is 57.0 Å². The van der Waals surface area contributed by atoms with Crippen LogP contribution in [0.25, 0.3) is 55.3 Å². The lowest BCUT2D eigenvalue weighted by Crippen LogP contribution is -2.55. The summed E-state index contributed by atoms with van der Waals surface area (Å²) in [6.45, 7) is 0. The summed E-state index contributed by atoms with van der Waals surface area (Å²) < 4.78 is 6.47. The number of hydrogen-bond donors (Lipinski definition) is 0. The maximum atomic E-state index is 6.47. The van der Waals surface area contributed by atoms with Gasteiger partial charge < -0.3 is 9.32 Å². The SMILES string of the molecule is c1ccc(-c2ccc(N(c3ccc4c(c3)-c3cc(-c5ccccc5)ccc3C43C4CC5CC(C4)CC3C5)c3ccc4c(c3)oc3ccccc34)cc2)cc1. The molecule has 4 saturated carbocycles. The van der Waals surface area contributed by atoms with Crippen molar-refractivity contribution < 1.29 is 4.42 Å². The molecular formula is C52H41NO. The zero-order valence-corrected chi connectivity index (χ0v) is 30.3. The molecule has 8 aromatic rings. The molecule has 0 saturated heterocycles. The number of fused-ring (bicyclic) bond motifs is 6. The minimum Gasteiger partial charge on any atom is -0.456 e. The zero-order chi connectivity index (χ0) is 35.4. The molecule has 0 amide bonds. The van der Waals surface area contributed by atoms with Gasteiger partial charge in [-0.25, -0.2) is 0 Å². The number of furan rings is 1. The van der Waals surface area contributed by atoms with Gasteiger partial charge in [-0.3, -0.25) is 0 Å². The predicted octanol–water partition coefficient (Wildman–Crippen LogP) is 14.1. The molecule has 2 heteroatoms. The van der Waals surface area contributed by atoms with E-state index in [2.05, 4.69) is 163 Å². The van der Waals surface area contributed by atoms with Gasteiger partial charge in [0.05, 0.1) is 0 Å². The summed E-state index contributed by atoms with van der Waals surface area (Å²) in [5.41, 5.74) is 16.4. The van der Waals surface area contributed by atoms with Crippen LogP contribution in [0.3, 0.4) is 0 Å². The fourth-order valence-corrected chi connectivity index (χ4v) is 11.9. The molecule has 5 aliphatic carbocycles. The van der Waals surface area contributed by atoms with Crippen molar-refractivity contribution in [2.45, 2.75) is 37.5 Å². The Morgan fingerprint density at radius 1 is 0.407 bits per heavy atom. The lowest BCUT2D eigenvalue weighted by molar-refractivity contribution is -0.0399. The molecule has 1 spiro atoms. The van der Waals surface area contributed by atoms with Crippen molar-refractivity contribution in [3.05, 3.63) is 175 Å². The molecule has 7 aromatic carbocycles. The van der Waals surface area contributed by atoms with Gasteiger partial charge in [-0.1, -0.05) is 109 Å². The zero-order valence-electron chi connectivity index (χ0n) is 30.3. The Bertz CT molecular complexity index is 2690. The number of para-hydroxylation sites is 1. The highest BCUT2D eigenvalue weighted by Gasteiger charge is 2.61. The minimum absolute atomic E-state index is 0.112. The topological polar surface area (TPSA) is 16.4 Å². The van der Waals surface area contributed by atoms with E-state index in [-0.39, 0.29) is 5.41 Å². The first-order valence-electron chi connectivity index (χ1n) is 19.9. The Morgan fingerprint density at radius 2 is 0.926 bits per heavy atom. The number of hydrogen-bond acceptors (Lipinski definition) is 2. The van der Waals surface area contributed by atoms with Gasteiger partial charge in [0.25, 0.3) is 0 Å². The molecule has 4 fully saturated rings. The van der Waals surface area contributed by atoms with Crippen LogP contribution >= 0.6 is 0 Å². The summed E-state index contributed by atoms with van der Waals surface area (Å²) in [6.07, 6.45) is 6.98. The summed E-state index contributed by atoms with van der Waals surface area (Å²) in [5.74, 6) is 3.27. The van der Waals surface area contributed by atoms with Gasteiger partial charge in [0.15, 0.2) is 0 Å². The fourth-order valence-electron chi connectivity index (χ4n) is 11.9. The first-order valence-corrected chi connectivity index (χ1v) is 19.9. The van der Waals surface area contributed by atoms with Gasteiger partial charge in [0.1, 0.15) is 11.2 Å². The van der Waals surface area contributed by atoms with Gasteiger partial charge in [0.2, 0.25) is 0 Å². The summed E-state index contributed by atoms with van der Waals surface area (Å²) >= 11 is 0. The van der Waals surface area contributed by atoms with Gasteiger partial charge in [-0.2, -0.15) is 0 Å². The van der Waals surface area contributed by atoms with E-state index in [0.29, 0.717) is 0 Å². The number of nitrogens with zero attached hydrogens (tertiary/aromatic N) is 1. The highest BCUT2D eigenvalue weighted by molar-refractivity contribution is 6.06.